The van der Waals surface area contributed by atoms with Crippen LogP contribution in [0, 0.1) is 0 Å². The molecule has 0 amide bonds. The Balaban J connectivity index is 2.26. The minimum absolute atomic E-state index is 0.0842. The Hall–Kier alpha value is -2.76. The van der Waals surface area contributed by atoms with E-state index in [2.05, 4.69) is 0 Å². The highest BCUT2D eigenvalue weighted by Gasteiger charge is 2.31. The van der Waals surface area contributed by atoms with Crippen molar-refractivity contribution in [2.75, 3.05) is 0 Å². The van der Waals surface area contributed by atoms with Gasteiger partial charge in [0.1, 0.15) is 17.1 Å². The van der Waals surface area contributed by atoms with E-state index in [0.29, 0.717) is 11.3 Å². The van der Waals surface area contributed by atoms with Crippen LogP contribution in [-0.2, 0) is 11.3 Å². The van der Waals surface area contributed by atoms with Crippen molar-refractivity contribution < 1.29 is 19.4 Å². The van der Waals surface area contributed by atoms with E-state index in [9.17, 15) is 15.0 Å². The zero-order valence-corrected chi connectivity index (χ0v) is 19.1. The molecule has 0 saturated heterocycles. The van der Waals surface area contributed by atoms with Crippen LogP contribution in [0.5, 0.6) is 11.5 Å². The number of aromatic carboxylic acids is 1. The van der Waals surface area contributed by atoms with Crippen molar-refractivity contribution in [3.63, 3.8) is 0 Å². The van der Waals surface area contributed by atoms with Crippen molar-refractivity contribution in [3.05, 3.63) is 83.4 Å². The number of halogens is 1. The third-order valence-corrected chi connectivity index (χ3v) is 7.67. The lowest BCUT2D eigenvalue weighted by atomic mass is 9.84. The molecule has 3 aromatic rings. The molecule has 2 N–H and O–H groups in total. The molecule has 0 unspecified atom stereocenters. The number of hydrogen-bond donors (Lipinski definition) is 2. The Morgan fingerprint density at radius 1 is 1.00 bits per heavy atom. The van der Waals surface area contributed by atoms with Crippen LogP contribution in [0.15, 0.2) is 66.7 Å². The van der Waals surface area contributed by atoms with Crippen LogP contribution in [-0.4, -0.2) is 25.2 Å². The summed E-state index contributed by atoms with van der Waals surface area (Å²) < 4.78 is 6.69. The fourth-order valence-corrected chi connectivity index (χ4v) is 6.03. The van der Waals surface area contributed by atoms with E-state index in [1.165, 1.54) is 6.07 Å². The molecular weight excluding hydrogens is 416 g/mol. The Bertz CT molecular complexity index is 991. The summed E-state index contributed by atoms with van der Waals surface area (Å²) in [7, 11) is -2.22. The molecule has 0 bridgehead atoms. The Kier molecular flexibility index (Phi) is 6.54. The second-order valence-electron chi connectivity index (χ2n) is 8.13. The van der Waals surface area contributed by atoms with Gasteiger partial charge in [0, 0.05) is 11.1 Å². The first kappa shape index (κ1) is 21.9. The van der Waals surface area contributed by atoms with E-state index in [1.807, 2.05) is 81.4 Å². The zero-order chi connectivity index (χ0) is 21.9. The highest BCUT2D eigenvalue weighted by molar-refractivity contribution is 6.80. The van der Waals surface area contributed by atoms with Crippen LogP contribution in [0.3, 0.4) is 0 Å². The SMILES string of the molecule is CC(C)(C)c1cc(O)c(C(=O)O)c(CCl)c1O[SiH](c1ccccc1)c1ccccc1. The van der Waals surface area contributed by atoms with Crippen molar-refractivity contribution in [2.24, 2.45) is 0 Å². The summed E-state index contributed by atoms with van der Waals surface area (Å²) in [5, 5.41) is 22.3. The van der Waals surface area contributed by atoms with Crippen molar-refractivity contribution in [2.45, 2.75) is 32.1 Å². The largest absolute Gasteiger partial charge is 0.537 e. The van der Waals surface area contributed by atoms with E-state index in [4.69, 9.17) is 16.0 Å². The molecule has 6 heteroatoms. The molecular formula is C24H25ClO4Si. The van der Waals surface area contributed by atoms with Gasteiger partial charge in [0.25, 0.3) is 9.04 Å². The number of carboxylic acids is 1. The first-order valence-electron chi connectivity index (χ1n) is 9.69. The molecule has 0 aliphatic heterocycles. The van der Waals surface area contributed by atoms with Crippen LogP contribution < -0.4 is 14.8 Å². The average molecular weight is 441 g/mol. The second-order valence-corrected chi connectivity index (χ2v) is 10.7. The van der Waals surface area contributed by atoms with Gasteiger partial charge in [-0.15, -0.1) is 11.6 Å². The van der Waals surface area contributed by atoms with Crippen molar-refractivity contribution >= 4 is 37.0 Å². The molecule has 0 aliphatic rings. The van der Waals surface area contributed by atoms with Gasteiger partial charge in [-0.3, -0.25) is 0 Å². The van der Waals surface area contributed by atoms with Crippen LogP contribution >= 0.6 is 11.6 Å². The number of phenols is 1. The molecule has 4 nitrogen and oxygen atoms in total. The van der Waals surface area contributed by atoms with Crippen LogP contribution in [0.2, 0.25) is 0 Å². The number of carbonyl (C=O) groups is 1. The Morgan fingerprint density at radius 2 is 1.50 bits per heavy atom. The maximum atomic E-state index is 11.9. The predicted octanol–water partition coefficient (Wildman–Crippen LogP) is 4.04. The molecule has 0 aromatic heterocycles. The summed E-state index contributed by atoms with van der Waals surface area (Å²) in [5.41, 5.74) is 0.433. The number of rotatable bonds is 6. The molecule has 156 valence electrons. The topological polar surface area (TPSA) is 66.8 Å². The van der Waals surface area contributed by atoms with Gasteiger partial charge in [-0.2, -0.15) is 0 Å². The Labute approximate surface area is 183 Å². The van der Waals surface area contributed by atoms with Gasteiger partial charge in [0.15, 0.2) is 0 Å². The molecule has 3 rings (SSSR count). The lowest BCUT2D eigenvalue weighted by Crippen LogP contribution is -2.48. The first-order valence-corrected chi connectivity index (χ1v) is 11.8. The second kappa shape index (κ2) is 8.94. The molecule has 0 heterocycles. The molecule has 0 saturated carbocycles. The van der Waals surface area contributed by atoms with Gasteiger partial charge < -0.3 is 14.6 Å². The van der Waals surface area contributed by atoms with Gasteiger partial charge in [-0.25, -0.2) is 4.79 Å². The minimum atomic E-state index is -2.22. The van der Waals surface area contributed by atoms with E-state index in [1.54, 1.807) is 0 Å². The van der Waals surface area contributed by atoms with Gasteiger partial charge in [-0.1, -0.05) is 81.4 Å². The highest BCUT2D eigenvalue weighted by atomic mass is 35.5. The summed E-state index contributed by atoms with van der Waals surface area (Å²) in [6.45, 7) is 5.98. The number of benzene rings is 3. The summed E-state index contributed by atoms with van der Waals surface area (Å²) in [6, 6.07) is 21.4. The van der Waals surface area contributed by atoms with E-state index >= 15 is 0 Å². The maximum Gasteiger partial charge on any atom is 0.339 e. The van der Waals surface area contributed by atoms with Gasteiger partial charge >= 0.3 is 5.97 Å². The van der Waals surface area contributed by atoms with Crippen molar-refractivity contribution in [1.29, 1.82) is 0 Å². The smallest absolute Gasteiger partial charge is 0.339 e. The number of alkyl halides is 1. The number of carboxylic acid groups (broad SMARTS) is 1. The maximum absolute atomic E-state index is 11.9. The first-order chi connectivity index (χ1) is 14.2. The van der Waals surface area contributed by atoms with Crippen LogP contribution in [0.1, 0.15) is 42.3 Å². The normalized spacial score (nSPS) is 11.5. The average Bonchev–Trinajstić information content (AvgIpc) is 2.72. The molecule has 0 fully saturated rings. The lowest BCUT2D eigenvalue weighted by molar-refractivity contribution is 0.0692. The summed E-state index contributed by atoms with van der Waals surface area (Å²) in [5.74, 6) is -1.16. The van der Waals surface area contributed by atoms with E-state index in [0.717, 1.165) is 15.9 Å². The van der Waals surface area contributed by atoms with Crippen molar-refractivity contribution in [3.8, 4) is 11.5 Å². The van der Waals surface area contributed by atoms with E-state index < -0.39 is 20.4 Å². The monoisotopic (exact) mass is 440 g/mol. The van der Waals surface area contributed by atoms with E-state index in [-0.39, 0.29) is 17.2 Å². The summed E-state index contributed by atoms with van der Waals surface area (Å²) >= 11 is 6.21. The molecule has 0 radical (unpaired) electrons. The number of aromatic hydroxyl groups is 1. The predicted molar refractivity (Wildman–Crippen MR) is 123 cm³/mol. The Morgan fingerprint density at radius 3 is 1.90 bits per heavy atom. The quantitative estimate of drug-likeness (QED) is 0.448. The molecule has 30 heavy (non-hydrogen) atoms. The fourth-order valence-electron chi connectivity index (χ4n) is 3.47. The van der Waals surface area contributed by atoms with Gasteiger partial charge in [0.05, 0.1) is 5.88 Å². The lowest BCUT2D eigenvalue weighted by Gasteiger charge is -2.29. The fraction of sp³-hybridized carbons (Fsp3) is 0.208. The third kappa shape index (κ3) is 4.53. The standard InChI is InChI=1S/C24H25ClO4Si/c1-24(2,3)19-14-20(26)21(23(27)28)18(15-25)22(19)29-30(16-10-6-4-7-11-16)17-12-8-5-9-13-17/h4-14,26,30H,15H2,1-3H3,(H,27,28). The number of hydrogen-bond acceptors (Lipinski definition) is 3. The molecule has 0 aliphatic carbocycles. The highest BCUT2D eigenvalue weighted by Crippen LogP contribution is 2.41. The van der Waals surface area contributed by atoms with Gasteiger partial charge in [0.2, 0.25) is 0 Å². The summed E-state index contributed by atoms with van der Waals surface area (Å²) in [6.07, 6.45) is 0. The van der Waals surface area contributed by atoms with Crippen LogP contribution in [0.4, 0.5) is 0 Å². The zero-order valence-electron chi connectivity index (χ0n) is 17.2. The molecule has 3 aromatic carbocycles. The minimum Gasteiger partial charge on any atom is -0.537 e. The van der Waals surface area contributed by atoms with Crippen LogP contribution in [0.25, 0.3) is 0 Å². The third-order valence-electron chi connectivity index (χ3n) is 4.95. The molecule has 0 atom stereocenters. The van der Waals surface area contributed by atoms with Crippen molar-refractivity contribution in [1.82, 2.24) is 0 Å². The summed E-state index contributed by atoms with van der Waals surface area (Å²) in [4.78, 5) is 11.9. The molecule has 0 spiro atoms. The van der Waals surface area contributed by atoms with Gasteiger partial charge in [-0.05, 0) is 21.9 Å².